The second-order valence-corrected chi connectivity index (χ2v) is 8.01. The lowest BCUT2D eigenvalue weighted by Crippen LogP contribution is -2.18. The van der Waals surface area contributed by atoms with E-state index >= 15 is 0 Å². The summed E-state index contributed by atoms with van der Waals surface area (Å²) in [6.07, 6.45) is 1.79. The normalized spacial score (nSPS) is 14.4. The quantitative estimate of drug-likeness (QED) is 0.259. The summed E-state index contributed by atoms with van der Waals surface area (Å²) in [6, 6.07) is 4.49. The fourth-order valence-corrected chi connectivity index (χ4v) is 3.04. The summed E-state index contributed by atoms with van der Waals surface area (Å²) in [4.78, 5) is 0. The van der Waals surface area contributed by atoms with Gasteiger partial charge >= 0.3 is 0 Å². The van der Waals surface area contributed by atoms with Crippen LogP contribution in [0.25, 0.3) is 0 Å². The zero-order valence-electron chi connectivity index (χ0n) is 16.5. The molecule has 0 amide bonds. The van der Waals surface area contributed by atoms with Crippen LogP contribution in [0.15, 0.2) is 12.1 Å². The van der Waals surface area contributed by atoms with Crippen LogP contribution in [-0.2, 0) is 0 Å². The lowest BCUT2D eigenvalue weighted by Gasteiger charge is -2.26. The van der Waals surface area contributed by atoms with Crippen LogP contribution in [-0.4, -0.2) is 11.0 Å². The summed E-state index contributed by atoms with van der Waals surface area (Å²) in [5, 5.41) is 12.6. The van der Waals surface area contributed by atoms with Crippen LogP contribution >= 0.6 is 0 Å². The Morgan fingerprint density at radius 2 is 1.22 bits per heavy atom. The van der Waals surface area contributed by atoms with Gasteiger partial charge in [0.05, 0.1) is 0 Å². The van der Waals surface area contributed by atoms with Gasteiger partial charge in [-0.3, -0.25) is 0 Å². The molecular weight excluding hydrogens is 282 g/mol. The van der Waals surface area contributed by atoms with Crippen molar-refractivity contribution >= 4 is 6.21 Å². The van der Waals surface area contributed by atoms with Gasteiger partial charge in [0.2, 0.25) is 0 Å². The maximum Gasteiger partial charge on any atom is 0.185 e. The van der Waals surface area contributed by atoms with Crippen molar-refractivity contribution in [2.24, 2.45) is 5.92 Å². The van der Waals surface area contributed by atoms with Crippen LogP contribution in [0.2, 0.25) is 0 Å². The average Bonchev–Trinajstić information content (AvgIpc) is 2.43. The lowest BCUT2D eigenvalue weighted by molar-refractivity contribution is -0.500. The number of hydroxylamine groups is 1. The van der Waals surface area contributed by atoms with E-state index in [1.165, 1.54) is 22.3 Å². The first-order valence-electron chi connectivity index (χ1n) is 9.04. The highest BCUT2D eigenvalue weighted by molar-refractivity contribution is 5.54. The molecule has 0 aromatic heterocycles. The van der Waals surface area contributed by atoms with Crippen molar-refractivity contribution in [1.29, 1.82) is 0 Å². The van der Waals surface area contributed by atoms with E-state index in [1.807, 2.05) is 20.8 Å². The van der Waals surface area contributed by atoms with Crippen LogP contribution in [0.4, 0.5) is 0 Å². The number of benzene rings is 1. The van der Waals surface area contributed by atoms with Gasteiger partial charge in [0.25, 0.3) is 0 Å². The minimum absolute atomic E-state index is 0.145. The Balaban J connectivity index is 3.61. The molecule has 1 rings (SSSR count). The second-order valence-electron chi connectivity index (χ2n) is 8.01. The highest BCUT2D eigenvalue weighted by atomic mass is 16.5. The molecule has 0 aliphatic heterocycles. The van der Waals surface area contributed by atoms with E-state index in [2.05, 4.69) is 53.7 Å². The van der Waals surface area contributed by atoms with Crippen LogP contribution in [0.1, 0.15) is 108 Å². The fourth-order valence-electron chi connectivity index (χ4n) is 3.04. The molecule has 2 heteroatoms. The summed E-state index contributed by atoms with van der Waals surface area (Å²) in [5.74, 6) is 1.59. The Labute approximate surface area is 143 Å². The van der Waals surface area contributed by atoms with E-state index in [0.717, 1.165) is 4.74 Å². The van der Waals surface area contributed by atoms with E-state index < -0.39 is 0 Å². The summed E-state index contributed by atoms with van der Waals surface area (Å²) >= 11 is 0. The maximum absolute atomic E-state index is 12.6. The van der Waals surface area contributed by atoms with Gasteiger partial charge in [0.1, 0.15) is 0 Å². The van der Waals surface area contributed by atoms with E-state index in [4.69, 9.17) is 0 Å². The highest BCUT2D eigenvalue weighted by Gasteiger charge is 2.25. The van der Waals surface area contributed by atoms with Gasteiger partial charge < -0.3 is 5.21 Å². The van der Waals surface area contributed by atoms with E-state index in [0.29, 0.717) is 17.8 Å². The first-order chi connectivity index (χ1) is 10.6. The molecule has 0 aliphatic rings. The molecule has 0 saturated heterocycles. The van der Waals surface area contributed by atoms with Gasteiger partial charge in [-0.1, -0.05) is 67.5 Å². The van der Waals surface area contributed by atoms with E-state index in [1.54, 1.807) is 6.21 Å². The van der Waals surface area contributed by atoms with Gasteiger partial charge in [-0.15, -0.1) is 0 Å². The molecule has 130 valence electrons. The Hall–Kier alpha value is -1.31. The van der Waals surface area contributed by atoms with Crippen molar-refractivity contribution in [3.05, 3.63) is 39.6 Å². The van der Waals surface area contributed by atoms with Gasteiger partial charge in [-0.25, -0.2) is 4.74 Å². The topological polar surface area (TPSA) is 26.1 Å². The molecule has 23 heavy (non-hydrogen) atoms. The Morgan fingerprint density at radius 3 is 1.52 bits per heavy atom. The summed E-state index contributed by atoms with van der Waals surface area (Å²) in [5.41, 5.74) is 5.25. The Kier molecular flexibility index (Phi) is 6.85. The number of nitrogens with zero attached hydrogens (tertiary/aromatic N) is 1. The Bertz CT molecular complexity index is 524. The smallest absolute Gasteiger partial charge is 0.185 e. The SMILES string of the molecule is CC(C)/C=[N+](\[O-])[C@@H](C)c1c(C(C)C)cc(C(C)C)cc1C(C)C. The second kappa shape index (κ2) is 7.99. The van der Waals surface area contributed by atoms with Crippen LogP contribution in [0.3, 0.4) is 0 Å². The third-order valence-electron chi connectivity index (χ3n) is 4.42. The van der Waals surface area contributed by atoms with Crippen molar-refractivity contribution in [3.63, 3.8) is 0 Å². The maximum atomic E-state index is 12.6. The van der Waals surface area contributed by atoms with Crippen molar-refractivity contribution < 1.29 is 4.74 Å². The minimum Gasteiger partial charge on any atom is -0.624 e. The first kappa shape index (κ1) is 19.7. The third kappa shape index (κ3) is 4.83. The fraction of sp³-hybridized carbons (Fsp3) is 0.667. The molecule has 1 aromatic rings. The molecular formula is C21H35NO. The average molecular weight is 318 g/mol. The van der Waals surface area contributed by atoms with Crippen LogP contribution in [0.5, 0.6) is 0 Å². The molecule has 0 aliphatic carbocycles. The molecule has 2 nitrogen and oxygen atoms in total. The predicted molar refractivity (Wildman–Crippen MR) is 102 cm³/mol. The highest BCUT2D eigenvalue weighted by Crippen LogP contribution is 2.36. The summed E-state index contributed by atoms with van der Waals surface area (Å²) in [7, 11) is 0. The number of rotatable bonds is 6. The lowest BCUT2D eigenvalue weighted by atomic mass is 9.82. The van der Waals surface area contributed by atoms with Gasteiger partial charge in [0.15, 0.2) is 12.3 Å². The standard InChI is InChI=1S/C21H35NO/c1-13(2)12-22(23)17(9)21-19(15(5)6)10-18(14(3)4)11-20(21)16(7)8/h10-17H,1-9H3/b22-12-/t17-/m0/s1. The molecule has 0 unspecified atom stereocenters. The van der Waals surface area contributed by atoms with Gasteiger partial charge in [-0.05, 0) is 34.4 Å². The molecule has 0 spiro atoms. The molecule has 0 saturated carbocycles. The summed E-state index contributed by atoms with van der Waals surface area (Å²) in [6.45, 7) is 19.5. The molecule has 0 radical (unpaired) electrons. The van der Waals surface area contributed by atoms with Crippen LogP contribution < -0.4 is 0 Å². The molecule has 0 fully saturated rings. The monoisotopic (exact) mass is 317 g/mol. The minimum atomic E-state index is -0.145. The van der Waals surface area contributed by atoms with Crippen molar-refractivity contribution in [3.8, 4) is 0 Å². The predicted octanol–water partition coefficient (Wildman–Crippen LogP) is 6.35. The molecule has 0 N–H and O–H groups in total. The largest absolute Gasteiger partial charge is 0.624 e. The van der Waals surface area contributed by atoms with E-state index in [9.17, 15) is 5.21 Å². The zero-order valence-corrected chi connectivity index (χ0v) is 16.5. The zero-order chi connectivity index (χ0) is 17.9. The van der Waals surface area contributed by atoms with Gasteiger partial charge in [0, 0.05) is 18.4 Å². The van der Waals surface area contributed by atoms with Gasteiger partial charge in [-0.2, -0.15) is 0 Å². The first-order valence-corrected chi connectivity index (χ1v) is 9.04. The van der Waals surface area contributed by atoms with Crippen molar-refractivity contribution in [2.45, 2.75) is 86.1 Å². The number of hydrogen-bond donors (Lipinski definition) is 0. The molecule has 1 atom stereocenters. The molecule has 0 bridgehead atoms. The Morgan fingerprint density at radius 1 is 0.783 bits per heavy atom. The molecule has 0 heterocycles. The van der Waals surface area contributed by atoms with Crippen molar-refractivity contribution in [1.82, 2.24) is 0 Å². The van der Waals surface area contributed by atoms with Crippen molar-refractivity contribution in [2.75, 3.05) is 0 Å². The number of hydrogen-bond acceptors (Lipinski definition) is 1. The summed E-state index contributed by atoms with van der Waals surface area (Å²) < 4.78 is 1.15. The third-order valence-corrected chi connectivity index (χ3v) is 4.42. The van der Waals surface area contributed by atoms with E-state index in [-0.39, 0.29) is 12.0 Å². The molecule has 1 aromatic carbocycles. The van der Waals surface area contributed by atoms with Crippen LogP contribution in [0, 0.1) is 11.1 Å².